The number of rotatable bonds is 7. The summed E-state index contributed by atoms with van der Waals surface area (Å²) in [6.07, 6.45) is 5.71. The molecule has 1 heterocycles. The molecule has 1 unspecified atom stereocenters. The Morgan fingerprint density at radius 1 is 1.17 bits per heavy atom. The Hall–Kier alpha value is -1.58. The van der Waals surface area contributed by atoms with Gasteiger partial charge >= 0.3 is 0 Å². The summed E-state index contributed by atoms with van der Waals surface area (Å²) in [4.78, 5) is 19.7. The SMILES string of the molecule is CC(C)C(Sc1nc2cc(S(=O)(=O)N(C)C)ccc2o1)C(=O)N(C)C1CCCCC1. The molecule has 0 spiro atoms. The van der Waals surface area contributed by atoms with E-state index in [0.717, 1.165) is 12.8 Å². The summed E-state index contributed by atoms with van der Waals surface area (Å²) in [6, 6.07) is 4.94. The molecule has 0 bridgehead atoms. The largest absolute Gasteiger partial charge is 0.431 e. The number of nitrogens with zero attached hydrogens (tertiary/aromatic N) is 3. The molecule has 2 aromatic rings. The summed E-state index contributed by atoms with van der Waals surface area (Å²) >= 11 is 1.31. The van der Waals surface area contributed by atoms with Crippen molar-refractivity contribution >= 4 is 38.8 Å². The van der Waals surface area contributed by atoms with Gasteiger partial charge in [0.1, 0.15) is 5.52 Å². The van der Waals surface area contributed by atoms with Gasteiger partial charge in [0, 0.05) is 27.2 Å². The Morgan fingerprint density at radius 2 is 1.83 bits per heavy atom. The fourth-order valence-corrected chi connectivity index (χ4v) is 5.70. The van der Waals surface area contributed by atoms with Gasteiger partial charge in [0.15, 0.2) is 5.58 Å². The molecule has 1 aliphatic carbocycles. The van der Waals surface area contributed by atoms with Crippen molar-refractivity contribution in [2.45, 2.75) is 67.4 Å². The van der Waals surface area contributed by atoms with Crippen LogP contribution in [0.25, 0.3) is 11.1 Å². The normalized spacial score (nSPS) is 17.0. The van der Waals surface area contributed by atoms with Crippen molar-refractivity contribution in [3.63, 3.8) is 0 Å². The number of sulfonamides is 1. The second-order valence-corrected chi connectivity index (χ2v) is 11.7. The van der Waals surface area contributed by atoms with E-state index in [9.17, 15) is 13.2 Å². The molecule has 30 heavy (non-hydrogen) atoms. The summed E-state index contributed by atoms with van der Waals surface area (Å²) in [5.41, 5.74) is 0.974. The Bertz CT molecular complexity index is 995. The van der Waals surface area contributed by atoms with E-state index in [0.29, 0.717) is 22.4 Å². The lowest BCUT2D eigenvalue weighted by Gasteiger charge is -2.34. The number of hydrogen-bond acceptors (Lipinski definition) is 6. The summed E-state index contributed by atoms with van der Waals surface area (Å²) in [5, 5.41) is 0.0727. The molecular weight excluding hydrogens is 422 g/mol. The van der Waals surface area contributed by atoms with Gasteiger partial charge in [-0.2, -0.15) is 0 Å². The van der Waals surface area contributed by atoms with E-state index in [1.807, 2.05) is 25.8 Å². The van der Waals surface area contributed by atoms with Crippen LogP contribution in [0.5, 0.6) is 0 Å². The molecule has 0 N–H and O–H groups in total. The average molecular weight is 454 g/mol. The van der Waals surface area contributed by atoms with E-state index in [2.05, 4.69) is 4.98 Å². The molecule has 7 nitrogen and oxygen atoms in total. The monoisotopic (exact) mass is 453 g/mol. The molecule has 9 heteroatoms. The first-order valence-electron chi connectivity index (χ1n) is 10.4. The molecule has 0 radical (unpaired) electrons. The van der Waals surface area contributed by atoms with Gasteiger partial charge in [-0.1, -0.05) is 44.9 Å². The Morgan fingerprint density at radius 3 is 2.43 bits per heavy atom. The fourth-order valence-electron chi connectivity index (χ4n) is 3.74. The summed E-state index contributed by atoms with van der Waals surface area (Å²) < 4.78 is 31.7. The quantitative estimate of drug-likeness (QED) is 0.590. The lowest BCUT2D eigenvalue weighted by atomic mass is 9.94. The second kappa shape index (κ2) is 9.28. The number of amides is 1. The van der Waals surface area contributed by atoms with Crippen molar-refractivity contribution in [1.82, 2.24) is 14.2 Å². The van der Waals surface area contributed by atoms with Crippen molar-refractivity contribution in [1.29, 1.82) is 0 Å². The minimum absolute atomic E-state index is 0.0973. The van der Waals surface area contributed by atoms with Crippen LogP contribution in [0.4, 0.5) is 0 Å². The minimum Gasteiger partial charge on any atom is -0.431 e. The van der Waals surface area contributed by atoms with Crippen molar-refractivity contribution in [3.05, 3.63) is 18.2 Å². The van der Waals surface area contributed by atoms with Gasteiger partial charge in [0.25, 0.3) is 5.22 Å². The molecule has 1 amide bonds. The highest BCUT2D eigenvalue weighted by atomic mass is 32.2. The smallest absolute Gasteiger partial charge is 0.257 e. The third-order valence-electron chi connectivity index (χ3n) is 5.66. The first-order chi connectivity index (χ1) is 14.1. The molecule has 1 atom stereocenters. The van der Waals surface area contributed by atoms with Crippen molar-refractivity contribution in [2.75, 3.05) is 21.1 Å². The number of aromatic nitrogens is 1. The molecule has 1 fully saturated rings. The second-order valence-electron chi connectivity index (χ2n) is 8.42. The van der Waals surface area contributed by atoms with Gasteiger partial charge in [0.2, 0.25) is 15.9 Å². The lowest BCUT2D eigenvalue weighted by molar-refractivity contribution is -0.132. The van der Waals surface area contributed by atoms with E-state index >= 15 is 0 Å². The highest BCUT2D eigenvalue weighted by Gasteiger charge is 2.32. The van der Waals surface area contributed by atoms with Gasteiger partial charge in [0.05, 0.1) is 10.1 Å². The standard InChI is InChI=1S/C21H31N3O4S2/c1-14(2)19(20(25)24(5)15-9-7-6-8-10-15)29-21-22-17-13-16(11-12-18(17)28-21)30(26,27)23(3)4/h11-15,19H,6-10H2,1-5H3. The predicted molar refractivity (Wildman–Crippen MR) is 119 cm³/mol. The fraction of sp³-hybridized carbons (Fsp3) is 0.619. The highest BCUT2D eigenvalue weighted by Crippen LogP contribution is 2.33. The maximum atomic E-state index is 13.2. The van der Waals surface area contributed by atoms with Crippen LogP contribution in [0.15, 0.2) is 32.7 Å². The molecule has 0 aliphatic heterocycles. The minimum atomic E-state index is -3.55. The number of benzene rings is 1. The lowest BCUT2D eigenvalue weighted by Crippen LogP contribution is -2.44. The third kappa shape index (κ3) is 4.84. The predicted octanol–water partition coefficient (Wildman–Crippen LogP) is 3.99. The highest BCUT2D eigenvalue weighted by molar-refractivity contribution is 8.00. The Balaban J connectivity index is 1.82. The topological polar surface area (TPSA) is 83.7 Å². The Labute approximate surface area is 183 Å². The van der Waals surface area contributed by atoms with Crippen LogP contribution in [0, 0.1) is 5.92 Å². The Kier molecular flexibility index (Phi) is 7.14. The number of hydrogen-bond donors (Lipinski definition) is 0. The molecule has 1 aromatic carbocycles. The van der Waals surface area contributed by atoms with E-state index < -0.39 is 10.0 Å². The zero-order valence-electron chi connectivity index (χ0n) is 18.3. The summed E-state index contributed by atoms with van der Waals surface area (Å²) in [7, 11) is 1.34. The van der Waals surface area contributed by atoms with Gasteiger partial charge in [-0.25, -0.2) is 17.7 Å². The zero-order valence-corrected chi connectivity index (χ0v) is 19.9. The van der Waals surface area contributed by atoms with Crippen LogP contribution in [-0.2, 0) is 14.8 Å². The van der Waals surface area contributed by atoms with Gasteiger partial charge in [-0.3, -0.25) is 4.79 Å². The van der Waals surface area contributed by atoms with Crippen LogP contribution in [0.2, 0.25) is 0 Å². The van der Waals surface area contributed by atoms with Crippen molar-refractivity contribution in [2.24, 2.45) is 5.92 Å². The summed E-state index contributed by atoms with van der Waals surface area (Å²) in [6.45, 7) is 4.05. The number of carbonyl (C=O) groups excluding carboxylic acids is 1. The molecule has 0 saturated heterocycles. The van der Waals surface area contributed by atoms with E-state index in [-0.39, 0.29) is 22.0 Å². The van der Waals surface area contributed by atoms with Crippen molar-refractivity contribution < 1.29 is 17.6 Å². The van der Waals surface area contributed by atoms with Gasteiger partial charge < -0.3 is 9.32 Å². The number of thioether (sulfide) groups is 1. The van der Waals surface area contributed by atoms with Crippen LogP contribution < -0.4 is 0 Å². The number of oxazole rings is 1. The van der Waals surface area contributed by atoms with Gasteiger partial charge in [-0.05, 0) is 37.0 Å². The van der Waals surface area contributed by atoms with Gasteiger partial charge in [-0.15, -0.1) is 0 Å². The zero-order chi connectivity index (χ0) is 22.1. The van der Waals surface area contributed by atoms with Crippen molar-refractivity contribution in [3.8, 4) is 0 Å². The molecule has 166 valence electrons. The summed E-state index contributed by atoms with van der Waals surface area (Å²) in [5.74, 6) is 0.202. The van der Waals surface area contributed by atoms with E-state index in [4.69, 9.17) is 4.42 Å². The van der Waals surface area contributed by atoms with Crippen LogP contribution in [0.1, 0.15) is 46.0 Å². The average Bonchev–Trinajstić information content (AvgIpc) is 3.13. The molecule has 1 saturated carbocycles. The molecule has 1 aromatic heterocycles. The molecule has 1 aliphatic rings. The number of carbonyl (C=O) groups is 1. The maximum Gasteiger partial charge on any atom is 0.257 e. The first kappa shape index (κ1) is 23.1. The molecular formula is C21H31N3O4S2. The van der Waals surface area contributed by atoms with E-state index in [1.54, 1.807) is 6.07 Å². The van der Waals surface area contributed by atoms with Crippen LogP contribution in [-0.4, -0.2) is 60.9 Å². The molecule has 3 rings (SSSR count). The van der Waals surface area contributed by atoms with Crippen LogP contribution in [0.3, 0.4) is 0 Å². The maximum absolute atomic E-state index is 13.2. The van der Waals surface area contributed by atoms with E-state index in [1.165, 1.54) is 61.6 Å². The first-order valence-corrected chi connectivity index (χ1v) is 12.7. The number of fused-ring (bicyclic) bond motifs is 1. The van der Waals surface area contributed by atoms with Crippen LogP contribution >= 0.6 is 11.8 Å². The third-order valence-corrected chi connectivity index (χ3v) is 8.85.